The SMILES string of the molecule is CC(C)(C(N)=O)[C@H](NC(=O)[CH]C1CCCCC1)C(=O)N1CCN(c2ccc(Cl)cc2)[C@@H](C(=O)N[C@@H](CC2CCC2)C(=O)C(N)=O)C1. The number of Topliss-reactive ketones (excluding diaryl/α,β-unsaturated/α-hetero) is 1. The monoisotopic (exact) mass is 657 g/mol. The van der Waals surface area contributed by atoms with E-state index in [0.29, 0.717) is 17.1 Å². The Morgan fingerprint density at radius 2 is 1.59 bits per heavy atom. The number of ketones is 1. The van der Waals surface area contributed by atoms with E-state index in [1.54, 1.807) is 35.6 Å². The highest BCUT2D eigenvalue weighted by molar-refractivity contribution is 6.37. The zero-order valence-electron chi connectivity index (χ0n) is 26.6. The van der Waals surface area contributed by atoms with Crippen molar-refractivity contribution in [1.29, 1.82) is 0 Å². The number of primary amides is 2. The minimum absolute atomic E-state index is 0.0909. The predicted molar refractivity (Wildman–Crippen MR) is 173 cm³/mol. The largest absolute Gasteiger partial charge is 0.369 e. The Labute approximate surface area is 275 Å². The Kier molecular flexibility index (Phi) is 11.7. The highest BCUT2D eigenvalue weighted by Gasteiger charge is 2.46. The van der Waals surface area contributed by atoms with Crippen molar-refractivity contribution in [1.82, 2.24) is 15.5 Å². The van der Waals surface area contributed by atoms with Crippen LogP contribution in [-0.2, 0) is 28.8 Å². The van der Waals surface area contributed by atoms with Gasteiger partial charge in [0.25, 0.3) is 5.91 Å². The first-order valence-corrected chi connectivity index (χ1v) is 16.6. The van der Waals surface area contributed by atoms with Gasteiger partial charge < -0.3 is 31.9 Å². The zero-order valence-corrected chi connectivity index (χ0v) is 27.4. The minimum Gasteiger partial charge on any atom is -0.369 e. The molecular weight excluding hydrogens is 612 g/mol. The number of hydrogen-bond donors (Lipinski definition) is 4. The van der Waals surface area contributed by atoms with Crippen LogP contribution >= 0.6 is 11.6 Å². The summed E-state index contributed by atoms with van der Waals surface area (Å²) in [6, 6.07) is 3.51. The summed E-state index contributed by atoms with van der Waals surface area (Å²) < 4.78 is 0. The normalized spacial score (nSPS) is 20.6. The van der Waals surface area contributed by atoms with Crippen molar-refractivity contribution < 1.29 is 28.8 Å². The van der Waals surface area contributed by atoms with E-state index in [1.165, 1.54) is 18.7 Å². The summed E-state index contributed by atoms with van der Waals surface area (Å²) in [5, 5.41) is 6.01. The van der Waals surface area contributed by atoms with Gasteiger partial charge in [0.15, 0.2) is 0 Å². The molecule has 46 heavy (non-hydrogen) atoms. The van der Waals surface area contributed by atoms with E-state index >= 15 is 0 Å². The van der Waals surface area contributed by atoms with E-state index < -0.39 is 58.9 Å². The third-order valence-electron chi connectivity index (χ3n) is 9.75. The van der Waals surface area contributed by atoms with Crippen LogP contribution in [-0.4, -0.2) is 78.0 Å². The smallest absolute Gasteiger partial charge is 0.287 e. The van der Waals surface area contributed by atoms with Gasteiger partial charge in [-0.05, 0) is 69.2 Å². The van der Waals surface area contributed by atoms with E-state index in [1.807, 2.05) is 0 Å². The number of carbonyl (C=O) groups is 6. The average Bonchev–Trinajstić information content (AvgIpc) is 3.00. The fourth-order valence-corrected chi connectivity index (χ4v) is 6.59. The van der Waals surface area contributed by atoms with Crippen LogP contribution in [0, 0.1) is 23.7 Å². The summed E-state index contributed by atoms with van der Waals surface area (Å²) in [6.07, 6.45) is 9.61. The van der Waals surface area contributed by atoms with Gasteiger partial charge in [0.05, 0.1) is 24.4 Å². The molecule has 0 aromatic heterocycles. The number of nitrogens with zero attached hydrogens (tertiary/aromatic N) is 2. The number of rotatable bonds is 13. The van der Waals surface area contributed by atoms with Crippen molar-refractivity contribution in [2.45, 2.75) is 89.8 Å². The van der Waals surface area contributed by atoms with Crippen LogP contribution in [0.2, 0.25) is 5.02 Å². The van der Waals surface area contributed by atoms with Crippen LogP contribution in [0.25, 0.3) is 0 Å². The lowest BCUT2D eigenvalue weighted by Gasteiger charge is -2.44. The van der Waals surface area contributed by atoms with Crippen molar-refractivity contribution >= 4 is 52.6 Å². The second-order valence-electron chi connectivity index (χ2n) is 13.4. The molecule has 251 valence electrons. The van der Waals surface area contributed by atoms with Gasteiger partial charge in [-0.15, -0.1) is 0 Å². The van der Waals surface area contributed by atoms with Gasteiger partial charge in [-0.3, -0.25) is 28.8 Å². The molecular formula is C33H46ClN6O6. The maximum absolute atomic E-state index is 14.2. The first-order chi connectivity index (χ1) is 21.8. The molecule has 0 unspecified atom stereocenters. The number of nitrogens with two attached hydrogens (primary N) is 2. The Hall–Kier alpha value is -3.67. The van der Waals surface area contributed by atoms with Gasteiger partial charge in [0.1, 0.15) is 12.1 Å². The second kappa shape index (κ2) is 15.3. The van der Waals surface area contributed by atoms with Crippen LogP contribution in [0.1, 0.15) is 71.6 Å². The van der Waals surface area contributed by atoms with Gasteiger partial charge >= 0.3 is 0 Å². The van der Waals surface area contributed by atoms with E-state index in [4.69, 9.17) is 23.1 Å². The van der Waals surface area contributed by atoms with E-state index in [-0.39, 0.29) is 31.5 Å². The van der Waals surface area contributed by atoms with Gasteiger partial charge in [0, 0.05) is 23.8 Å². The second-order valence-corrected chi connectivity index (χ2v) is 13.8. The lowest BCUT2D eigenvalue weighted by molar-refractivity contribution is -0.145. The number of carbonyl (C=O) groups excluding carboxylic acids is 6. The summed E-state index contributed by atoms with van der Waals surface area (Å²) in [6.45, 7) is 3.28. The van der Waals surface area contributed by atoms with Gasteiger partial charge in [0.2, 0.25) is 29.4 Å². The van der Waals surface area contributed by atoms with Crippen molar-refractivity contribution in [3.05, 3.63) is 35.7 Å². The average molecular weight is 658 g/mol. The number of nitrogens with one attached hydrogen (secondary N) is 2. The molecule has 12 nitrogen and oxygen atoms in total. The van der Waals surface area contributed by atoms with Crippen molar-refractivity contribution in [3.8, 4) is 0 Å². The molecule has 0 spiro atoms. The number of benzene rings is 1. The molecule has 13 heteroatoms. The summed E-state index contributed by atoms with van der Waals surface area (Å²) in [5.74, 6) is -4.04. The van der Waals surface area contributed by atoms with Gasteiger partial charge in [-0.1, -0.05) is 50.1 Å². The minimum atomic E-state index is -1.44. The van der Waals surface area contributed by atoms with Crippen molar-refractivity contribution in [2.24, 2.45) is 28.7 Å². The Bertz CT molecular complexity index is 1310. The molecule has 1 aromatic rings. The molecule has 5 amide bonds. The Morgan fingerprint density at radius 3 is 2.15 bits per heavy atom. The quantitative estimate of drug-likeness (QED) is 0.233. The Balaban J connectivity index is 1.58. The van der Waals surface area contributed by atoms with Crippen molar-refractivity contribution in [2.75, 3.05) is 24.5 Å². The van der Waals surface area contributed by atoms with Crippen LogP contribution in [0.4, 0.5) is 5.69 Å². The van der Waals surface area contributed by atoms with E-state index in [9.17, 15) is 28.8 Å². The zero-order chi connectivity index (χ0) is 33.6. The standard InChI is InChI=1S/C33H46ClN6O6/c1-33(2,32(36)46)28(38-26(41)18-21-7-4-3-5-8-21)31(45)39-15-16-40(23-13-11-22(34)12-14-23)25(19-39)30(44)37-24(27(42)29(35)43)17-20-9-6-10-20/h11-14,18,20-21,24-25,28H,3-10,15-17,19H2,1-2H3,(H2,35,43)(H2,36,46)(H,37,44)(H,38,41)/t24-,25+,28+/m0/s1. The molecule has 2 saturated carbocycles. The fraction of sp³-hybridized carbons (Fsp3) is 0.606. The van der Waals surface area contributed by atoms with Crippen LogP contribution in [0.3, 0.4) is 0 Å². The first-order valence-electron chi connectivity index (χ1n) is 16.2. The van der Waals surface area contributed by atoms with Crippen LogP contribution in [0.15, 0.2) is 24.3 Å². The lowest BCUT2D eigenvalue weighted by atomic mass is 9.80. The number of hydrogen-bond acceptors (Lipinski definition) is 7. The topological polar surface area (TPSA) is 185 Å². The fourth-order valence-electron chi connectivity index (χ4n) is 6.46. The molecule has 1 heterocycles. The molecule has 1 saturated heterocycles. The van der Waals surface area contributed by atoms with E-state index in [2.05, 4.69) is 10.6 Å². The molecule has 2 aliphatic carbocycles. The first kappa shape index (κ1) is 35.2. The molecule has 3 fully saturated rings. The molecule has 6 N–H and O–H groups in total. The summed E-state index contributed by atoms with van der Waals surface area (Å²) in [4.78, 5) is 81.6. The number of amides is 5. The molecule has 1 aliphatic heterocycles. The lowest BCUT2D eigenvalue weighted by Crippen LogP contribution is -2.66. The predicted octanol–water partition coefficient (Wildman–Crippen LogP) is 1.87. The maximum atomic E-state index is 14.2. The summed E-state index contributed by atoms with van der Waals surface area (Å²) in [5.41, 5.74) is 10.3. The van der Waals surface area contributed by atoms with Crippen LogP contribution in [0.5, 0.6) is 0 Å². The van der Waals surface area contributed by atoms with E-state index in [0.717, 1.165) is 51.4 Å². The molecule has 1 aromatic carbocycles. The molecule has 4 rings (SSSR count). The number of halogens is 1. The van der Waals surface area contributed by atoms with Gasteiger partial charge in [-0.25, -0.2) is 0 Å². The van der Waals surface area contributed by atoms with Gasteiger partial charge in [-0.2, -0.15) is 0 Å². The molecule has 3 aliphatic rings. The van der Waals surface area contributed by atoms with Crippen molar-refractivity contribution in [3.63, 3.8) is 0 Å². The molecule has 0 bridgehead atoms. The van der Waals surface area contributed by atoms with Crippen LogP contribution < -0.4 is 27.0 Å². The third-order valence-corrected chi connectivity index (χ3v) is 10.0. The summed E-state index contributed by atoms with van der Waals surface area (Å²) in [7, 11) is 0. The third kappa shape index (κ3) is 8.57. The maximum Gasteiger partial charge on any atom is 0.287 e. The highest BCUT2D eigenvalue weighted by atomic mass is 35.5. The Morgan fingerprint density at radius 1 is 0.935 bits per heavy atom. The molecule has 3 atom stereocenters. The number of piperazine rings is 1. The number of anilines is 1. The highest BCUT2D eigenvalue weighted by Crippen LogP contribution is 2.32. The summed E-state index contributed by atoms with van der Waals surface area (Å²) >= 11 is 6.11. The molecule has 1 radical (unpaired) electrons.